The van der Waals surface area contributed by atoms with E-state index in [9.17, 15) is 9.18 Å². The molecule has 1 aliphatic heterocycles. The molecule has 2 aromatic heterocycles. The number of hydrogen-bond acceptors (Lipinski definition) is 4. The maximum absolute atomic E-state index is 13.8. The monoisotopic (exact) mass is 342 g/mol. The Morgan fingerprint density at radius 1 is 1.28 bits per heavy atom. The van der Waals surface area contributed by atoms with E-state index in [1.54, 1.807) is 11.1 Å². The van der Waals surface area contributed by atoms with Crippen LogP contribution >= 0.6 is 0 Å². The lowest BCUT2D eigenvalue weighted by Crippen LogP contribution is -2.35. The van der Waals surface area contributed by atoms with Gasteiger partial charge in [-0.2, -0.15) is 0 Å². The Labute approximate surface area is 147 Å². The van der Waals surface area contributed by atoms with E-state index in [-0.39, 0.29) is 11.5 Å². The summed E-state index contributed by atoms with van der Waals surface area (Å²) in [5, 5.41) is 0. The van der Waals surface area contributed by atoms with Crippen molar-refractivity contribution < 1.29 is 9.18 Å². The van der Waals surface area contributed by atoms with Crippen LogP contribution in [0.25, 0.3) is 0 Å². The molecule has 0 unspecified atom stereocenters. The third-order valence-electron chi connectivity index (χ3n) is 4.75. The van der Waals surface area contributed by atoms with Crippen LogP contribution in [0.3, 0.4) is 0 Å². The molecule has 0 saturated carbocycles. The first-order valence-electron chi connectivity index (χ1n) is 8.64. The van der Waals surface area contributed by atoms with Gasteiger partial charge in [0.25, 0.3) is 5.91 Å². The van der Waals surface area contributed by atoms with Gasteiger partial charge in [0, 0.05) is 38.1 Å². The summed E-state index contributed by atoms with van der Waals surface area (Å²) in [5.74, 6) is -0.798. The van der Waals surface area contributed by atoms with E-state index in [0.29, 0.717) is 19.1 Å². The number of carbonyl (C=O) groups excluding carboxylic acids is 1. The Hall–Kier alpha value is -2.34. The molecular formula is C19H23FN4O. The number of carbonyl (C=O) groups is 1. The van der Waals surface area contributed by atoms with Crippen LogP contribution in [0.1, 0.15) is 35.3 Å². The van der Waals surface area contributed by atoms with Gasteiger partial charge >= 0.3 is 0 Å². The molecule has 6 heteroatoms. The van der Waals surface area contributed by atoms with E-state index >= 15 is 0 Å². The standard InChI is InChI=1S/C19H23FN4O/c1-23(14-15-5-2-3-9-22-15)16-6-4-11-24(12-8-16)19(25)17-7-10-21-13-18(17)20/h2-3,5,7,9-10,13,16H,4,6,8,11-12,14H2,1H3/t16-/m1/s1. The fourth-order valence-corrected chi connectivity index (χ4v) is 3.32. The van der Waals surface area contributed by atoms with Gasteiger partial charge < -0.3 is 4.90 Å². The van der Waals surface area contributed by atoms with Crippen molar-refractivity contribution in [3.8, 4) is 0 Å². The summed E-state index contributed by atoms with van der Waals surface area (Å²) in [6.07, 6.45) is 7.16. The molecule has 3 heterocycles. The molecule has 0 aromatic carbocycles. The number of rotatable bonds is 4. The van der Waals surface area contributed by atoms with E-state index in [2.05, 4.69) is 21.9 Å². The van der Waals surface area contributed by atoms with Crippen molar-refractivity contribution >= 4 is 5.91 Å². The van der Waals surface area contributed by atoms with Crippen molar-refractivity contribution in [2.45, 2.75) is 31.8 Å². The highest BCUT2D eigenvalue weighted by Gasteiger charge is 2.25. The highest BCUT2D eigenvalue weighted by Crippen LogP contribution is 2.19. The SMILES string of the molecule is CN(Cc1ccccn1)[C@@H]1CCCN(C(=O)c2ccncc2F)CC1. The molecule has 1 atom stereocenters. The van der Waals surface area contributed by atoms with Crippen molar-refractivity contribution in [3.05, 3.63) is 59.9 Å². The second-order valence-electron chi connectivity index (χ2n) is 6.47. The van der Waals surface area contributed by atoms with Crippen LogP contribution in [-0.2, 0) is 6.54 Å². The molecule has 0 radical (unpaired) electrons. The molecule has 0 N–H and O–H groups in total. The van der Waals surface area contributed by atoms with Crippen LogP contribution in [0.2, 0.25) is 0 Å². The van der Waals surface area contributed by atoms with Gasteiger partial charge in [-0.25, -0.2) is 4.39 Å². The number of halogens is 1. The Morgan fingerprint density at radius 2 is 2.16 bits per heavy atom. The Bertz CT molecular complexity index is 710. The molecule has 3 rings (SSSR count). The van der Waals surface area contributed by atoms with E-state index in [1.165, 1.54) is 12.3 Å². The first kappa shape index (κ1) is 17.5. The zero-order chi connectivity index (χ0) is 17.6. The van der Waals surface area contributed by atoms with Gasteiger partial charge in [0.1, 0.15) is 0 Å². The summed E-state index contributed by atoms with van der Waals surface area (Å²) >= 11 is 0. The van der Waals surface area contributed by atoms with E-state index in [1.807, 2.05) is 18.2 Å². The van der Waals surface area contributed by atoms with E-state index < -0.39 is 5.82 Å². The highest BCUT2D eigenvalue weighted by atomic mass is 19.1. The lowest BCUT2D eigenvalue weighted by Gasteiger charge is -2.27. The first-order chi connectivity index (χ1) is 12.1. The highest BCUT2D eigenvalue weighted by molar-refractivity contribution is 5.94. The number of amides is 1. The zero-order valence-electron chi connectivity index (χ0n) is 14.4. The normalized spacial score (nSPS) is 18.2. The van der Waals surface area contributed by atoms with Gasteiger partial charge in [0.05, 0.1) is 17.5 Å². The quantitative estimate of drug-likeness (QED) is 0.857. The van der Waals surface area contributed by atoms with Crippen LogP contribution < -0.4 is 0 Å². The summed E-state index contributed by atoms with van der Waals surface area (Å²) < 4.78 is 13.8. The number of pyridine rings is 2. The van der Waals surface area contributed by atoms with E-state index in [0.717, 1.165) is 37.7 Å². The fraction of sp³-hybridized carbons (Fsp3) is 0.421. The molecule has 132 valence electrons. The van der Waals surface area contributed by atoms with Crippen LogP contribution in [0.5, 0.6) is 0 Å². The van der Waals surface area contributed by atoms with Gasteiger partial charge in [0.2, 0.25) is 0 Å². The zero-order valence-corrected chi connectivity index (χ0v) is 14.4. The van der Waals surface area contributed by atoms with Crippen molar-refractivity contribution in [1.29, 1.82) is 0 Å². The molecule has 0 bridgehead atoms. The predicted molar refractivity (Wildman–Crippen MR) is 93.4 cm³/mol. The Kier molecular flexibility index (Phi) is 5.71. The van der Waals surface area contributed by atoms with Gasteiger partial charge in [-0.15, -0.1) is 0 Å². The molecular weight excluding hydrogens is 319 g/mol. The van der Waals surface area contributed by atoms with Gasteiger partial charge in [0.15, 0.2) is 5.82 Å². The second kappa shape index (κ2) is 8.16. The number of aromatic nitrogens is 2. The van der Waals surface area contributed by atoms with Gasteiger partial charge in [-0.3, -0.25) is 19.7 Å². The lowest BCUT2D eigenvalue weighted by atomic mass is 10.1. The van der Waals surface area contributed by atoms with Crippen LogP contribution in [0.4, 0.5) is 4.39 Å². The Morgan fingerprint density at radius 3 is 2.92 bits per heavy atom. The average Bonchev–Trinajstić information content (AvgIpc) is 2.89. The first-order valence-corrected chi connectivity index (χ1v) is 8.64. The minimum absolute atomic E-state index is 0.107. The molecule has 0 spiro atoms. The lowest BCUT2D eigenvalue weighted by molar-refractivity contribution is 0.0752. The summed E-state index contributed by atoms with van der Waals surface area (Å²) in [7, 11) is 2.10. The largest absolute Gasteiger partial charge is 0.338 e. The molecule has 2 aromatic rings. The molecule has 1 amide bonds. The van der Waals surface area contributed by atoms with Gasteiger partial charge in [-0.1, -0.05) is 6.07 Å². The third kappa shape index (κ3) is 4.39. The number of nitrogens with zero attached hydrogens (tertiary/aromatic N) is 4. The maximum atomic E-state index is 13.8. The van der Waals surface area contributed by atoms with Crippen LogP contribution in [0, 0.1) is 5.82 Å². The average molecular weight is 342 g/mol. The Balaban J connectivity index is 1.60. The summed E-state index contributed by atoms with van der Waals surface area (Å²) in [4.78, 5) is 24.7. The smallest absolute Gasteiger partial charge is 0.256 e. The van der Waals surface area contributed by atoms with Crippen LogP contribution in [0.15, 0.2) is 42.9 Å². The van der Waals surface area contributed by atoms with Crippen molar-refractivity contribution in [2.75, 3.05) is 20.1 Å². The van der Waals surface area contributed by atoms with Crippen LogP contribution in [-0.4, -0.2) is 51.9 Å². The van der Waals surface area contributed by atoms with Crippen molar-refractivity contribution in [3.63, 3.8) is 0 Å². The maximum Gasteiger partial charge on any atom is 0.256 e. The molecule has 0 aliphatic carbocycles. The van der Waals surface area contributed by atoms with Gasteiger partial charge in [-0.05, 0) is 44.5 Å². The second-order valence-corrected chi connectivity index (χ2v) is 6.47. The van der Waals surface area contributed by atoms with Crippen molar-refractivity contribution in [1.82, 2.24) is 19.8 Å². The summed E-state index contributed by atoms with van der Waals surface area (Å²) in [5.41, 5.74) is 1.15. The predicted octanol–water partition coefficient (Wildman–Crippen LogP) is 2.74. The number of likely N-dealkylation sites (tertiary alicyclic amines) is 1. The molecule has 1 aliphatic rings. The number of hydrogen-bond donors (Lipinski definition) is 0. The minimum Gasteiger partial charge on any atom is -0.338 e. The summed E-state index contributed by atoms with van der Waals surface area (Å²) in [6.45, 7) is 2.09. The fourth-order valence-electron chi connectivity index (χ4n) is 3.32. The summed E-state index contributed by atoms with van der Waals surface area (Å²) in [6, 6.07) is 7.77. The molecule has 25 heavy (non-hydrogen) atoms. The van der Waals surface area contributed by atoms with E-state index in [4.69, 9.17) is 0 Å². The molecule has 5 nitrogen and oxygen atoms in total. The minimum atomic E-state index is -0.555. The molecule has 1 fully saturated rings. The molecule has 1 saturated heterocycles. The third-order valence-corrected chi connectivity index (χ3v) is 4.75. The topological polar surface area (TPSA) is 49.3 Å². The van der Waals surface area contributed by atoms with Crippen molar-refractivity contribution in [2.24, 2.45) is 0 Å².